The van der Waals surface area contributed by atoms with Gasteiger partial charge in [0.2, 0.25) is 11.8 Å². The number of rotatable bonds is 7. The number of nitrogens with one attached hydrogen (secondary N) is 1. The van der Waals surface area contributed by atoms with Gasteiger partial charge in [-0.3, -0.25) is 4.79 Å². The predicted octanol–water partition coefficient (Wildman–Crippen LogP) is 3.68. The zero-order valence-electron chi connectivity index (χ0n) is 14.8. The molecule has 3 rings (SSSR count). The van der Waals surface area contributed by atoms with Crippen LogP contribution in [0.4, 0.5) is 4.39 Å². The Balaban J connectivity index is 1.55. The molecule has 1 N–H and O–H groups in total. The van der Waals surface area contributed by atoms with E-state index < -0.39 is 5.25 Å². The zero-order chi connectivity index (χ0) is 19.2. The van der Waals surface area contributed by atoms with Crippen molar-refractivity contribution in [3.8, 4) is 17.2 Å². The third-order valence-corrected chi connectivity index (χ3v) is 4.70. The Morgan fingerprint density at radius 1 is 1.19 bits per heavy atom. The molecule has 0 aliphatic heterocycles. The van der Waals surface area contributed by atoms with E-state index in [-0.39, 0.29) is 11.7 Å². The van der Waals surface area contributed by atoms with Crippen molar-refractivity contribution < 1.29 is 18.3 Å². The van der Waals surface area contributed by atoms with Gasteiger partial charge in [-0.15, -0.1) is 10.2 Å². The average molecular weight is 387 g/mol. The van der Waals surface area contributed by atoms with Crippen LogP contribution in [0.25, 0.3) is 11.5 Å². The lowest BCUT2D eigenvalue weighted by atomic mass is 10.2. The second kappa shape index (κ2) is 8.68. The Kier molecular flexibility index (Phi) is 6.08. The van der Waals surface area contributed by atoms with Gasteiger partial charge >= 0.3 is 0 Å². The topological polar surface area (TPSA) is 77.2 Å². The summed E-state index contributed by atoms with van der Waals surface area (Å²) in [6, 6.07) is 13.2. The minimum absolute atomic E-state index is 0.173. The zero-order valence-corrected chi connectivity index (χ0v) is 15.6. The first-order chi connectivity index (χ1) is 13.0. The molecule has 1 heterocycles. The third kappa shape index (κ3) is 5.07. The number of methoxy groups -OCH3 is 1. The van der Waals surface area contributed by atoms with E-state index in [9.17, 15) is 9.18 Å². The van der Waals surface area contributed by atoms with Gasteiger partial charge in [-0.25, -0.2) is 4.39 Å². The number of carbonyl (C=O) groups excluding carboxylic acids is 1. The van der Waals surface area contributed by atoms with E-state index in [1.807, 2.05) is 12.1 Å². The molecule has 0 saturated carbocycles. The fraction of sp³-hybridized carbons (Fsp3) is 0.211. The second-order valence-electron chi connectivity index (χ2n) is 5.71. The van der Waals surface area contributed by atoms with Crippen molar-refractivity contribution in [2.24, 2.45) is 0 Å². The molecular weight excluding hydrogens is 369 g/mol. The van der Waals surface area contributed by atoms with Crippen LogP contribution >= 0.6 is 11.8 Å². The summed E-state index contributed by atoms with van der Waals surface area (Å²) in [7, 11) is 1.60. The van der Waals surface area contributed by atoms with Crippen LogP contribution in [0, 0.1) is 5.82 Å². The molecule has 0 aliphatic carbocycles. The van der Waals surface area contributed by atoms with E-state index in [4.69, 9.17) is 9.15 Å². The highest BCUT2D eigenvalue weighted by Crippen LogP contribution is 2.27. The standard InChI is InChI=1S/C19H18FN3O3S/c1-12(17(24)21-11-13-3-7-15(20)8-4-13)27-19-23-22-18(26-19)14-5-9-16(25-2)10-6-14/h3-10,12H,11H2,1-2H3,(H,21,24)/t12-/m0/s1. The highest BCUT2D eigenvalue weighted by atomic mass is 32.2. The van der Waals surface area contributed by atoms with Crippen molar-refractivity contribution in [2.75, 3.05) is 7.11 Å². The van der Waals surface area contributed by atoms with E-state index in [1.165, 1.54) is 23.9 Å². The molecule has 2 aromatic carbocycles. The number of ether oxygens (including phenoxy) is 1. The highest BCUT2D eigenvalue weighted by molar-refractivity contribution is 8.00. The first-order valence-electron chi connectivity index (χ1n) is 8.22. The summed E-state index contributed by atoms with van der Waals surface area (Å²) >= 11 is 1.18. The molecule has 0 aliphatic rings. The molecule has 3 aromatic rings. The minimum atomic E-state index is -0.422. The number of carbonyl (C=O) groups is 1. The van der Waals surface area contributed by atoms with Gasteiger partial charge in [-0.2, -0.15) is 0 Å². The molecule has 6 nitrogen and oxygen atoms in total. The fourth-order valence-electron chi connectivity index (χ4n) is 2.25. The number of hydrogen-bond acceptors (Lipinski definition) is 6. The summed E-state index contributed by atoms with van der Waals surface area (Å²) in [4.78, 5) is 12.2. The van der Waals surface area contributed by atoms with Gasteiger partial charge in [0.1, 0.15) is 11.6 Å². The number of hydrogen-bond donors (Lipinski definition) is 1. The number of amides is 1. The average Bonchev–Trinajstić information content (AvgIpc) is 3.15. The molecule has 1 amide bonds. The maximum absolute atomic E-state index is 12.9. The monoisotopic (exact) mass is 387 g/mol. The van der Waals surface area contributed by atoms with Gasteiger partial charge in [0.05, 0.1) is 12.4 Å². The van der Waals surface area contributed by atoms with Crippen LogP contribution in [0.1, 0.15) is 12.5 Å². The van der Waals surface area contributed by atoms with Gasteiger partial charge in [-0.1, -0.05) is 23.9 Å². The molecule has 1 atom stereocenters. The Morgan fingerprint density at radius 2 is 1.89 bits per heavy atom. The molecule has 0 radical (unpaired) electrons. The molecule has 0 bridgehead atoms. The Bertz CT molecular complexity index is 897. The van der Waals surface area contributed by atoms with Crippen LogP contribution in [0.3, 0.4) is 0 Å². The maximum Gasteiger partial charge on any atom is 0.277 e. The van der Waals surface area contributed by atoms with Crippen LogP contribution in [-0.4, -0.2) is 28.5 Å². The number of nitrogens with zero attached hydrogens (tertiary/aromatic N) is 2. The van der Waals surface area contributed by atoms with E-state index in [2.05, 4.69) is 15.5 Å². The molecule has 0 spiro atoms. The van der Waals surface area contributed by atoms with Crippen molar-refractivity contribution in [2.45, 2.75) is 23.9 Å². The molecule has 140 valence electrons. The minimum Gasteiger partial charge on any atom is -0.497 e. The van der Waals surface area contributed by atoms with Crippen molar-refractivity contribution in [3.05, 3.63) is 59.9 Å². The summed E-state index contributed by atoms with van der Waals surface area (Å²) in [6.07, 6.45) is 0. The largest absolute Gasteiger partial charge is 0.497 e. The van der Waals surface area contributed by atoms with Gasteiger partial charge < -0.3 is 14.5 Å². The van der Waals surface area contributed by atoms with E-state index in [0.717, 1.165) is 16.9 Å². The lowest BCUT2D eigenvalue weighted by Crippen LogP contribution is -2.30. The van der Waals surface area contributed by atoms with Gasteiger partial charge in [-0.05, 0) is 48.9 Å². The Morgan fingerprint density at radius 3 is 2.56 bits per heavy atom. The summed E-state index contributed by atoms with van der Waals surface area (Å²) in [6.45, 7) is 2.08. The first kappa shape index (κ1) is 18.9. The van der Waals surface area contributed by atoms with Crippen molar-refractivity contribution >= 4 is 17.7 Å². The predicted molar refractivity (Wildman–Crippen MR) is 99.9 cm³/mol. The summed E-state index contributed by atoms with van der Waals surface area (Å²) in [5.41, 5.74) is 1.59. The van der Waals surface area contributed by atoms with Crippen molar-refractivity contribution in [3.63, 3.8) is 0 Å². The van der Waals surface area contributed by atoms with Gasteiger partial charge in [0.15, 0.2) is 0 Å². The molecule has 0 saturated heterocycles. The molecule has 27 heavy (non-hydrogen) atoms. The van der Waals surface area contributed by atoms with Crippen LogP contribution < -0.4 is 10.1 Å². The second-order valence-corrected chi connectivity index (χ2v) is 7.00. The van der Waals surface area contributed by atoms with Gasteiger partial charge in [0, 0.05) is 12.1 Å². The Labute approximate surface area is 160 Å². The molecular formula is C19H18FN3O3S. The lowest BCUT2D eigenvalue weighted by Gasteiger charge is -2.09. The number of aromatic nitrogens is 2. The highest BCUT2D eigenvalue weighted by Gasteiger charge is 2.18. The smallest absolute Gasteiger partial charge is 0.277 e. The molecule has 0 unspecified atom stereocenters. The van der Waals surface area contributed by atoms with Crippen molar-refractivity contribution in [1.29, 1.82) is 0 Å². The SMILES string of the molecule is COc1ccc(-c2nnc(S[C@@H](C)C(=O)NCc3ccc(F)cc3)o2)cc1. The lowest BCUT2D eigenvalue weighted by molar-refractivity contribution is -0.120. The first-order valence-corrected chi connectivity index (χ1v) is 9.10. The third-order valence-electron chi connectivity index (χ3n) is 3.77. The molecule has 0 fully saturated rings. The number of halogens is 1. The van der Waals surface area contributed by atoms with Crippen LogP contribution in [0.5, 0.6) is 5.75 Å². The Hall–Kier alpha value is -2.87. The van der Waals surface area contributed by atoms with E-state index in [0.29, 0.717) is 17.7 Å². The quantitative estimate of drug-likeness (QED) is 0.623. The summed E-state index contributed by atoms with van der Waals surface area (Å²) < 4.78 is 23.6. The van der Waals surface area contributed by atoms with E-state index in [1.54, 1.807) is 38.3 Å². The normalized spacial score (nSPS) is 11.8. The number of benzene rings is 2. The molecule has 1 aromatic heterocycles. The van der Waals surface area contributed by atoms with Crippen LogP contribution in [0.15, 0.2) is 58.2 Å². The number of thioether (sulfide) groups is 1. The molecule has 8 heteroatoms. The summed E-state index contributed by atoms with van der Waals surface area (Å²) in [5, 5.41) is 10.7. The fourth-order valence-corrected chi connectivity index (χ4v) is 2.96. The van der Waals surface area contributed by atoms with Gasteiger partial charge in [0.25, 0.3) is 5.22 Å². The van der Waals surface area contributed by atoms with Crippen LogP contribution in [-0.2, 0) is 11.3 Å². The maximum atomic E-state index is 12.9. The van der Waals surface area contributed by atoms with Crippen LogP contribution in [0.2, 0.25) is 0 Å². The van der Waals surface area contributed by atoms with Crippen molar-refractivity contribution in [1.82, 2.24) is 15.5 Å². The van der Waals surface area contributed by atoms with E-state index >= 15 is 0 Å². The summed E-state index contributed by atoms with van der Waals surface area (Å²) in [5.74, 6) is 0.630.